The first-order valence-electron chi connectivity index (χ1n) is 11.2. The lowest BCUT2D eigenvalue weighted by Gasteiger charge is -2.49. The van der Waals surface area contributed by atoms with Crippen LogP contribution in [0, 0.1) is 0 Å². The van der Waals surface area contributed by atoms with Crippen molar-refractivity contribution in [3.63, 3.8) is 0 Å². The first-order chi connectivity index (χ1) is 18.5. The van der Waals surface area contributed by atoms with Crippen molar-refractivity contribution in [3.8, 4) is 0 Å². The zero-order chi connectivity index (χ0) is 28.3. The van der Waals surface area contributed by atoms with Crippen LogP contribution in [0.2, 0.25) is 0 Å². The third-order valence-electron chi connectivity index (χ3n) is 5.04. The van der Waals surface area contributed by atoms with Crippen molar-refractivity contribution in [2.45, 2.75) is 42.9 Å². The number of carbonyl (C=O) groups is 4. The second-order valence-corrected chi connectivity index (χ2v) is 11.7. The Morgan fingerprint density at radius 2 is 2.10 bits per heavy atom. The lowest BCUT2D eigenvalue weighted by atomic mass is 10.0. The van der Waals surface area contributed by atoms with Crippen LogP contribution < -0.4 is 5.32 Å². The van der Waals surface area contributed by atoms with Gasteiger partial charge in [0, 0.05) is 18.6 Å². The van der Waals surface area contributed by atoms with Crippen LogP contribution in [0.4, 0.5) is 0 Å². The summed E-state index contributed by atoms with van der Waals surface area (Å²) in [6.45, 7) is 4.51. The summed E-state index contributed by atoms with van der Waals surface area (Å²) in [4.78, 5) is 60.2. The van der Waals surface area contributed by atoms with Crippen molar-refractivity contribution in [2.75, 3.05) is 18.1 Å². The number of hydrogen-bond donors (Lipinski definition) is 2. The van der Waals surface area contributed by atoms with Crippen molar-refractivity contribution in [2.24, 2.45) is 12.2 Å². The van der Waals surface area contributed by atoms with Gasteiger partial charge >= 0.3 is 11.9 Å². The second-order valence-electron chi connectivity index (χ2n) is 9.05. The molecule has 0 radical (unpaired) electrons. The minimum atomic E-state index is -1.26. The Bertz CT molecular complexity index is 1340. The third-order valence-corrected chi connectivity index (χ3v) is 7.95. The summed E-state index contributed by atoms with van der Waals surface area (Å²) in [6, 6.07) is -1.02. The number of thioether (sulfide) groups is 2. The molecule has 0 bridgehead atoms. The molecule has 4 rings (SSSR count). The van der Waals surface area contributed by atoms with E-state index >= 15 is 0 Å². The first kappa shape index (κ1) is 28.4. The molecule has 2 aliphatic heterocycles. The van der Waals surface area contributed by atoms with Gasteiger partial charge in [-0.2, -0.15) is 4.37 Å². The van der Waals surface area contributed by atoms with Gasteiger partial charge in [0.25, 0.3) is 11.8 Å². The van der Waals surface area contributed by atoms with Crippen molar-refractivity contribution in [1.29, 1.82) is 0 Å². The Hall–Kier alpha value is -3.58. The van der Waals surface area contributed by atoms with Crippen molar-refractivity contribution in [1.82, 2.24) is 39.8 Å². The lowest BCUT2D eigenvalue weighted by Crippen LogP contribution is -2.71. The maximum atomic E-state index is 13.1. The molecular weight excluding hydrogens is 574 g/mol. The number of esters is 1. The number of aromatic nitrogens is 6. The van der Waals surface area contributed by atoms with Crippen LogP contribution in [0.25, 0.3) is 0 Å². The highest BCUT2D eigenvalue weighted by Gasteiger charge is 2.54. The van der Waals surface area contributed by atoms with Crippen LogP contribution in [0.5, 0.6) is 0 Å². The lowest BCUT2D eigenvalue weighted by molar-refractivity contribution is -0.160. The van der Waals surface area contributed by atoms with E-state index in [1.807, 2.05) is 0 Å². The molecule has 1 unspecified atom stereocenters. The molecule has 4 heterocycles. The molecule has 0 saturated carbocycles. The highest BCUT2D eigenvalue weighted by molar-refractivity contribution is 8.01. The molecule has 0 aliphatic carbocycles. The van der Waals surface area contributed by atoms with Crippen LogP contribution in [-0.2, 0) is 35.8 Å². The summed E-state index contributed by atoms with van der Waals surface area (Å²) in [5.41, 5.74) is 0.686. The predicted molar refractivity (Wildman–Crippen MR) is 137 cm³/mol. The van der Waals surface area contributed by atoms with Gasteiger partial charge in [0.2, 0.25) is 23.3 Å². The Morgan fingerprint density at radius 1 is 1.33 bits per heavy atom. The predicted octanol–water partition coefficient (Wildman–Crippen LogP) is -0.345. The largest absolute Gasteiger partial charge is 0.477 e. The van der Waals surface area contributed by atoms with Gasteiger partial charge in [0.15, 0.2) is 0 Å². The number of fused-ring (bicyclic) bond motifs is 1. The first-order valence-corrected chi connectivity index (χ1v) is 14.1. The summed E-state index contributed by atoms with van der Waals surface area (Å²) in [6.07, 6.45) is 0. The number of amides is 2. The minimum Gasteiger partial charge on any atom is -0.477 e. The standard InChI is InChI=1S/C20H23N9O7S3/c1-20(2,3)36-10(30)5-35-24-11(14-21-8-39-25-14)15(31)22-12-16(32)29-13(18(33)34)9(6-37-17(12)29)7-38-19-23-26-27-28(19)4/h8,12,17H,5-7H2,1-4H3,(H,22,31)(H,33,34)/b24-11-/t12?,17-/m1/s1. The van der Waals surface area contributed by atoms with E-state index in [0.717, 1.165) is 16.4 Å². The van der Waals surface area contributed by atoms with E-state index in [1.54, 1.807) is 27.8 Å². The number of nitrogens with zero attached hydrogens (tertiary/aromatic N) is 8. The van der Waals surface area contributed by atoms with Crippen molar-refractivity contribution < 1.29 is 33.9 Å². The molecule has 208 valence electrons. The van der Waals surface area contributed by atoms with Crippen LogP contribution in [0.15, 0.2) is 27.1 Å². The molecular formula is C20H23N9O7S3. The van der Waals surface area contributed by atoms with E-state index < -0.39 is 47.4 Å². The van der Waals surface area contributed by atoms with Crippen molar-refractivity contribution in [3.05, 3.63) is 22.6 Å². The molecule has 0 spiro atoms. The van der Waals surface area contributed by atoms with E-state index in [0.29, 0.717) is 16.5 Å². The molecule has 2 N–H and O–H groups in total. The Kier molecular flexibility index (Phi) is 8.50. The summed E-state index contributed by atoms with van der Waals surface area (Å²) >= 11 is 3.52. The fraction of sp³-hybridized carbons (Fsp3) is 0.500. The number of aliphatic carboxylic acids is 1. The number of oxime groups is 1. The molecule has 39 heavy (non-hydrogen) atoms. The average molecular weight is 598 g/mol. The highest BCUT2D eigenvalue weighted by Crippen LogP contribution is 2.41. The molecule has 1 fully saturated rings. The smallest absolute Gasteiger partial charge is 0.352 e. The van der Waals surface area contributed by atoms with Crippen molar-refractivity contribution >= 4 is 64.5 Å². The zero-order valence-electron chi connectivity index (χ0n) is 21.1. The fourth-order valence-corrected chi connectivity index (χ4v) is 6.24. The summed E-state index contributed by atoms with van der Waals surface area (Å²) in [5.74, 6) is -2.86. The number of β-lactam (4-membered cyclic amide) rings is 1. The third kappa shape index (κ3) is 6.53. The van der Waals surface area contributed by atoms with Gasteiger partial charge < -0.3 is 20.0 Å². The zero-order valence-corrected chi connectivity index (χ0v) is 23.5. The molecule has 0 aromatic carbocycles. The van der Waals surface area contributed by atoms with Crippen LogP contribution in [0.1, 0.15) is 26.6 Å². The van der Waals surface area contributed by atoms with Crippen LogP contribution in [0.3, 0.4) is 0 Å². The maximum Gasteiger partial charge on any atom is 0.352 e. The molecule has 2 aliphatic rings. The van der Waals surface area contributed by atoms with Gasteiger partial charge in [-0.25, -0.2) is 19.3 Å². The number of rotatable bonds is 10. The Labute approximate surface area is 233 Å². The molecule has 19 heteroatoms. The van der Waals surface area contributed by atoms with Gasteiger partial charge in [-0.15, -0.1) is 16.9 Å². The maximum absolute atomic E-state index is 13.1. The van der Waals surface area contributed by atoms with E-state index in [-0.39, 0.29) is 23.0 Å². The number of carboxylic acids is 1. The monoisotopic (exact) mass is 597 g/mol. The highest BCUT2D eigenvalue weighted by atomic mass is 32.2. The molecule has 2 aromatic heterocycles. The van der Waals surface area contributed by atoms with Gasteiger partial charge in [-0.05, 0) is 48.3 Å². The number of tetrazole rings is 1. The normalized spacial score (nSPS) is 19.3. The number of ether oxygens (including phenoxy) is 1. The SMILES string of the molecule is Cn1nnnc1SCC1=C(C(=O)O)N2C(=O)C(NC(=O)/C(=N\OCC(=O)OC(C)(C)C)c3ncsn3)[C@H]2SC1. The van der Waals surface area contributed by atoms with Gasteiger partial charge in [0.05, 0.1) is 0 Å². The molecule has 2 amide bonds. The Balaban J connectivity index is 1.44. The van der Waals surface area contributed by atoms with E-state index in [9.17, 15) is 24.3 Å². The molecule has 16 nitrogen and oxygen atoms in total. The minimum absolute atomic E-state index is 0.0645. The number of aryl methyl sites for hydroxylation is 1. The summed E-state index contributed by atoms with van der Waals surface area (Å²) in [7, 11) is 1.66. The van der Waals surface area contributed by atoms with E-state index in [2.05, 4.69) is 35.4 Å². The summed E-state index contributed by atoms with van der Waals surface area (Å²) in [5, 5.41) is 27.1. The van der Waals surface area contributed by atoms with Crippen LogP contribution in [-0.4, -0.2) is 104 Å². The van der Waals surface area contributed by atoms with E-state index in [4.69, 9.17) is 9.57 Å². The summed E-state index contributed by atoms with van der Waals surface area (Å²) < 4.78 is 10.6. The number of carbonyl (C=O) groups excluding carboxylic acids is 3. The number of nitrogens with one attached hydrogen (secondary N) is 1. The molecule has 2 aromatic rings. The second kappa shape index (κ2) is 11.7. The van der Waals surface area contributed by atoms with Gasteiger partial charge in [-0.3, -0.25) is 14.5 Å². The number of hydrogen-bond acceptors (Lipinski definition) is 15. The topological polar surface area (TPSA) is 204 Å². The quantitative estimate of drug-likeness (QED) is 0.118. The fourth-order valence-electron chi connectivity index (χ4n) is 3.48. The molecule has 1 saturated heterocycles. The number of carboxylic acid groups (broad SMARTS) is 1. The van der Waals surface area contributed by atoms with Crippen LogP contribution >= 0.6 is 35.1 Å². The van der Waals surface area contributed by atoms with Gasteiger partial charge in [0.1, 0.15) is 28.2 Å². The van der Waals surface area contributed by atoms with E-state index in [1.165, 1.54) is 33.7 Å². The average Bonchev–Trinajstić information content (AvgIpc) is 3.53. The van der Waals surface area contributed by atoms with Gasteiger partial charge in [-0.1, -0.05) is 16.9 Å². The molecule has 2 atom stereocenters. The Morgan fingerprint density at radius 3 is 2.72 bits per heavy atom.